The van der Waals surface area contributed by atoms with Gasteiger partial charge in [0.05, 0.1) is 12.2 Å². The maximum atomic E-state index is 12.6. The topological polar surface area (TPSA) is 71.8 Å². The van der Waals surface area contributed by atoms with Gasteiger partial charge in [0.1, 0.15) is 11.5 Å². The van der Waals surface area contributed by atoms with Crippen LogP contribution in [0.1, 0.15) is 40.8 Å². The number of aryl methyl sites for hydroxylation is 2. The molecule has 0 saturated carbocycles. The van der Waals surface area contributed by atoms with Gasteiger partial charge in [-0.05, 0) is 62.1 Å². The number of amides is 2. The number of furan rings is 1. The predicted molar refractivity (Wildman–Crippen MR) is 118 cm³/mol. The molecule has 2 amide bonds. The standard InChI is InChI=1S/C25H26N2O4/c1-17-8-12-22-21(14-17)27(24(28)16-30-22)15-20-11-13-23(31-20)25(29)26-18(2)9-10-19-6-4-3-5-7-19/h3-8,11-14,18H,9-10,15-16H2,1-2H3,(H,26,29)/t18-/m0/s1. The lowest BCUT2D eigenvalue weighted by atomic mass is 10.1. The van der Waals surface area contributed by atoms with Crippen LogP contribution in [-0.2, 0) is 17.8 Å². The minimum atomic E-state index is -0.253. The minimum Gasteiger partial charge on any atom is -0.482 e. The number of fused-ring (bicyclic) bond motifs is 1. The Morgan fingerprint density at radius 1 is 1.13 bits per heavy atom. The lowest BCUT2D eigenvalue weighted by Gasteiger charge is -2.29. The quantitative estimate of drug-likeness (QED) is 0.622. The van der Waals surface area contributed by atoms with Crippen LogP contribution >= 0.6 is 0 Å². The van der Waals surface area contributed by atoms with E-state index >= 15 is 0 Å². The first-order valence-corrected chi connectivity index (χ1v) is 10.5. The molecule has 31 heavy (non-hydrogen) atoms. The summed E-state index contributed by atoms with van der Waals surface area (Å²) in [4.78, 5) is 26.6. The number of carbonyl (C=O) groups excluding carboxylic acids is 2. The molecule has 1 aromatic heterocycles. The third-order valence-electron chi connectivity index (χ3n) is 5.34. The van der Waals surface area contributed by atoms with Crippen molar-refractivity contribution in [3.63, 3.8) is 0 Å². The molecule has 0 fully saturated rings. The molecule has 1 aliphatic heterocycles. The summed E-state index contributed by atoms with van der Waals surface area (Å²) in [5.74, 6) is 1.06. The van der Waals surface area contributed by atoms with Crippen molar-refractivity contribution in [3.8, 4) is 5.75 Å². The normalized spacial score (nSPS) is 14.0. The molecule has 0 unspecified atom stereocenters. The zero-order valence-electron chi connectivity index (χ0n) is 17.8. The van der Waals surface area contributed by atoms with Crippen LogP contribution < -0.4 is 15.0 Å². The van der Waals surface area contributed by atoms with Gasteiger partial charge in [-0.1, -0.05) is 36.4 Å². The number of rotatable bonds is 7. The van der Waals surface area contributed by atoms with E-state index in [1.165, 1.54) is 5.56 Å². The van der Waals surface area contributed by atoms with E-state index in [1.54, 1.807) is 17.0 Å². The van der Waals surface area contributed by atoms with Crippen LogP contribution in [0.15, 0.2) is 65.1 Å². The van der Waals surface area contributed by atoms with Gasteiger partial charge in [-0.15, -0.1) is 0 Å². The third kappa shape index (κ3) is 4.97. The molecule has 160 valence electrons. The number of anilines is 1. The monoisotopic (exact) mass is 418 g/mol. The Bertz CT molecular complexity index is 1070. The fourth-order valence-corrected chi connectivity index (χ4v) is 3.62. The molecule has 1 aliphatic rings. The molecule has 0 spiro atoms. The molecule has 4 rings (SSSR count). The Balaban J connectivity index is 1.37. The highest BCUT2D eigenvalue weighted by molar-refractivity contribution is 5.97. The third-order valence-corrected chi connectivity index (χ3v) is 5.34. The number of hydrogen-bond donors (Lipinski definition) is 1. The SMILES string of the molecule is Cc1ccc2c(c1)N(Cc1ccc(C(=O)N[C@@H](C)CCc3ccccc3)o1)C(=O)CO2. The molecule has 0 radical (unpaired) electrons. The van der Waals surface area contributed by atoms with E-state index in [0.29, 0.717) is 17.2 Å². The molecule has 0 saturated heterocycles. The van der Waals surface area contributed by atoms with Crippen molar-refractivity contribution in [2.45, 2.75) is 39.3 Å². The fraction of sp³-hybridized carbons (Fsp3) is 0.280. The Morgan fingerprint density at radius 2 is 1.94 bits per heavy atom. The summed E-state index contributed by atoms with van der Waals surface area (Å²) in [6.45, 7) is 4.18. The second-order valence-corrected chi connectivity index (χ2v) is 7.90. The molecular weight excluding hydrogens is 392 g/mol. The van der Waals surface area contributed by atoms with Crippen LogP contribution in [0.5, 0.6) is 5.75 Å². The van der Waals surface area contributed by atoms with Crippen molar-refractivity contribution >= 4 is 17.5 Å². The first kappa shape index (κ1) is 20.7. The largest absolute Gasteiger partial charge is 0.482 e. The van der Waals surface area contributed by atoms with Gasteiger partial charge in [0, 0.05) is 6.04 Å². The van der Waals surface area contributed by atoms with Gasteiger partial charge in [-0.25, -0.2) is 0 Å². The van der Waals surface area contributed by atoms with Crippen molar-refractivity contribution in [2.75, 3.05) is 11.5 Å². The van der Waals surface area contributed by atoms with Gasteiger partial charge >= 0.3 is 0 Å². The summed E-state index contributed by atoms with van der Waals surface area (Å²) < 4.78 is 11.3. The summed E-state index contributed by atoms with van der Waals surface area (Å²) in [7, 11) is 0. The fourth-order valence-electron chi connectivity index (χ4n) is 3.62. The van der Waals surface area contributed by atoms with Crippen molar-refractivity contribution in [3.05, 3.63) is 83.3 Å². The second kappa shape index (κ2) is 9.08. The van der Waals surface area contributed by atoms with Crippen LogP contribution in [0.3, 0.4) is 0 Å². The number of nitrogens with zero attached hydrogens (tertiary/aromatic N) is 1. The molecular formula is C25H26N2O4. The molecule has 3 aromatic rings. The van der Waals surface area contributed by atoms with E-state index in [-0.39, 0.29) is 36.8 Å². The van der Waals surface area contributed by atoms with E-state index in [1.807, 2.05) is 50.2 Å². The van der Waals surface area contributed by atoms with Crippen LogP contribution in [0, 0.1) is 6.92 Å². The van der Waals surface area contributed by atoms with Crippen molar-refractivity contribution in [1.29, 1.82) is 0 Å². The molecule has 2 aromatic carbocycles. The molecule has 0 aliphatic carbocycles. The number of carbonyl (C=O) groups is 2. The summed E-state index contributed by atoms with van der Waals surface area (Å²) >= 11 is 0. The molecule has 0 bridgehead atoms. The Kier molecular flexibility index (Phi) is 6.07. The highest BCUT2D eigenvalue weighted by Gasteiger charge is 2.27. The Morgan fingerprint density at radius 3 is 2.74 bits per heavy atom. The average molecular weight is 418 g/mol. The van der Waals surface area contributed by atoms with E-state index in [4.69, 9.17) is 9.15 Å². The average Bonchev–Trinajstić information content (AvgIpc) is 3.24. The van der Waals surface area contributed by atoms with Crippen LogP contribution in [-0.4, -0.2) is 24.5 Å². The minimum absolute atomic E-state index is 0.0109. The molecule has 2 heterocycles. The van der Waals surface area contributed by atoms with Crippen molar-refractivity contribution in [2.24, 2.45) is 0 Å². The first-order chi connectivity index (χ1) is 15.0. The van der Waals surface area contributed by atoms with Gasteiger partial charge in [-0.2, -0.15) is 0 Å². The first-order valence-electron chi connectivity index (χ1n) is 10.5. The van der Waals surface area contributed by atoms with Gasteiger partial charge in [0.15, 0.2) is 12.4 Å². The molecule has 1 N–H and O–H groups in total. The molecule has 1 atom stereocenters. The van der Waals surface area contributed by atoms with E-state index in [2.05, 4.69) is 17.4 Å². The number of ether oxygens (including phenoxy) is 1. The number of nitrogens with one attached hydrogen (secondary N) is 1. The Hall–Kier alpha value is -3.54. The van der Waals surface area contributed by atoms with Crippen molar-refractivity contribution in [1.82, 2.24) is 5.32 Å². The Labute approximate surface area is 181 Å². The lowest BCUT2D eigenvalue weighted by Crippen LogP contribution is -2.38. The van der Waals surface area contributed by atoms with Gasteiger partial charge in [0.2, 0.25) is 0 Å². The number of benzene rings is 2. The van der Waals surface area contributed by atoms with Crippen molar-refractivity contribution < 1.29 is 18.7 Å². The summed E-state index contributed by atoms with van der Waals surface area (Å²) in [5.41, 5.74) is 2.99. The zero-order valence-corrected chi connectivity index (χ0v) is 17.8. The maximum Gasteiger partial charge on any atom is 0.287 e. The number of hydrogen-bond acceptors (Lipinski definition) is 4. The maximum absolute atomic E-state index is 12.6. The summed E-state index contributed by atoms with van der Waals surface area (Å²) in [5, 5.41) is 2.98. The van der Waals surface area contributed by atoms with Crippen LogP contribution in [0.4, 0.5) is 5.69 Å². The lowest BCUT2D eigenvalue weighted by molar-refractivity contribution is -0.121. The summed E-state index contributed by atoms with van der Waals surface area (Å²) in [6.07, 6.45) is 1.73. The highest BCUT2D eigenvalue weighted by atomic mass is 16.5. The van der Waals surface area contributed by atoms with Crippen LogP contribution in [0.2, 0.25) is 0 Å². The zero-order chi connectivity index (χ0) is 21.8. The smallest absolute Gasteiger partial charge is 0.287 e. The molecule has 6 nitrogen and oxygen atoms in total. The van der Waals surface area contributed by atoms with Gasteiger partial charge < -0.3 is 14.5 Å². The predicted octanol–water partition coefficient (Wildman–Crippen LogP) is 4.26. The van der Waals surface area contributed by atoms with Gasteiger partial charge in [0.25, 0.3) is 11.8 Å². The van der Waals surface area contributed by atoms with E-state index < -0.39 is 0 Å². The van der Waals surface area contributed by atoms with Gasteiger partial charge in [-0.3, -0.25) is 14.5 Å². The van der Waals surface area contributed by atoms with Crippen LogP contribution in [0.25, 0.3) is 0 Å². The second-order valence-electron chi connectivity index (χ2n) is 7.90. The summed E-state index contributed by atoms with van der Waals surface area (Å²) in [6, 6.07) is 19.3. The van der Waals surface area contributed by atoms with E-state index in [9.17, 15) is 9.59 Å². The molecule has 6 heteroatoms. The van der Waals surface area contributed by atoms with E-state index in [0.717, 1.165) is 18.4 Å². The highest BCUT2D eigenvalue weighted by Crippen LogP contribution is 2.34.